The molecule has 1 fully saturated rings. The average Bonchev–Trinajstić information content (AvgIpc) is 3.48. The molecule has 9 nitrogen and oxygen atoms in total. The first-order chi connectivity index (χ1) is 17.4. The fraction of sp³-hybridized carbons (Fsp3) is 0.280. The van der Waals surface area contributed by atoms with Gasteiger partial charge in [-0.1, -0.05) is 0 Å². The Morgan fingerprint density at radius 3 is 2.78 bits per heavy atom. The Kier molecular flexibility index (Phi) is 6.12. The first-order valence-electron chi connectivity index (χ1n) is 11.2. The lowest BCUT2D eigenvalue weighted by Crippen LogP contribution is -2.46. The molecule has 5 rings (SSSR count). The summed E-state index contributed by atoms with van der Waals surface area (Å²) in [4.78, 5) is 22.0. The van der Waals surface area contributed by atoms with Crippen molar-refractivity contribution in [3.63, 3.8) is 0 Å². The number of aromatic nitrogens is 3. The van der Waals surface area contributed by atoms with E-state index in [4.69, 9.17) is 19.2 Å². The zero-order chi connectivity index (χ0) is 25.4. The number of carbonyl (C=O) groups is 1. The molecule has 4 aromatic rings. The number of pyridine rings is 1. The van der Waals surface area contributed by atoms with Gasteiger partial charge in [-0.2, -0.15) is 5.26 Å². The Hall–Kier alpha value is -4.30. The molecule has 184 valence electrons. The van der Waals surface area contributed by atoms with Crippen molar-refractivity contribution in [1.29, 1.82) is 5.26 Å². The normalized spacial score (nSPS) is 15.8. The van der Waals surface area contributed by atoms with Gasteiger partial charge in [-0.15, -0.1) is 0 Å². The van der Waals surface area contributed by atoms with Crippen molar-refractivity contribution >= 4 is 11.7 Å². The highest BCUT2D eigenvalue weighted by Crippen LogP contribution is 2.34. The standard InChI is InChI=1S/C25H21F2N5O4/c1-14-3-4-32-20(10-16-13-31(5-6-35-16)25(33)34-2)23(30-21(32)7-14)22-18(26)8-15(9-19(22)27)24-29-12-17(11-28)36-24/h3-4,7-9,12,16H,5-6,10,13H2,1-2H3/t16-/m0/s1. The highest BCUT2D eigenvalue weighted by Gasteiger charge is 2.29. The number of nitrogens with zero attached hydrogens (tertiary/aromatic N) is 5. The van der Waals surface area contributed by atoms with Gasteiger partial charge in [-0.05, 0) is 36.8 Å². The molecule has 0 bridgehead atoms. The predicted octanol–water partition coefficient (Wildman–Crippen LogP) is 4.12. The summed E-state index contributed by atoms with van der Waals surface area (Å²) in [5.74, 6) is -1.85. The molecule has 1 amide bonds. The molecule has 1 atom stereocenters. The van der Waals surface area contributed by atoms with Crippen LogP contribution in [0, 0.1) is 29.9 Å². The molecule has 0 aliphatic carbocycles. The SMILES string of the molecule is COC(=O)N1CCO[C@@H](Cc2c(-c3c(F)cc(-c4ncc(C#N)o4)cc3F)nc3cc(C)ccn23)C1. The van der Waals surface area contributed by atoms with Crippen LogP contribution in [0.15, 0.2) is 41.1 Å². The van der Waals surface area contributed by atoms with E-state index in [1.807, 2.05) is 19.1 Å². The largest absolute Gasteiger partial charge is 0.453 e. The van der Waals surface area contributed by atoms with Crippen LogP contribution in [0.5, 0.6) is 0 Å². The van der Waals surface area contributed by atoms with E-state index in [1.54, 1.807) is 16.7 Å². The monoisotopic (exact) mass is 493 g/mol. The van der Waals surface area contributed by atoms with E-state index < -0.39 is 23.8 Å². The van der Waals surface area contributed by atoms with E-state index in [0.29, 0.717) is 24.5 Å². The number of ether oxygens (including phenoxy) is 2. The summed E-state index contributed by atoms with van der Waals surface area (Å²) in [5, 5.41) is 8.93. The van der Waals surface area contributed by atoms with Crippen LogP contribution in [-0.4, -0.2) is 58.3 Å². The number of morpholine rings is 1. The maximum absolute atomic E-state index is 15.4. The van der Waals surface area contributed by atoms with Crippen LogP contribution in [0.1, 0.15) is 17.0 Å². The number of hydrogen-bond acceptors (Lipinski definition) is 7. The van der Waals surface area contributed by atoms with Gasteiger partial charge in [0.2, 0.25) is 11.7 Å². The maximum atomic E-state index is 15.4. The molecule has 0 spiro atoms. The van der Waals surface area contributed by atoms with E-state index >= 15 is 8.78 Å². The van der Waals surface area contributed by atoms with E-state index in [0.717, 1.165) is 17.7 Å². The van der Waals surface area contributed by atoms with Gasteiger partial charge in [0.15, 0.2) is 0 Å². The van der Waals surface area contributed by atoms with Crippen LogP contribution in [0.2, 0.25) is 0 Å². The van der Waals surface area contributed by atoms with Crippen molar-refractivity contribution in [2.45, 2.75) is 19.4 Å². The maximum Gasteiger partial charge on any atom is 0.409 e. The first-order valence-corrected chi connectivity index (χ1v) is 11.2. The lowest BCUT2D eigenvalue weighted by molar-refractivity contribution is -0.0241. The molecule has 0 unspecified atom stereocenters. The summed E-state index contributed by atoms with van der Waals surface area (Å²) in [6.45, 7) is 2.86. The van der Waals surface area contributed by atoms with Crippen LogP contribution in [-0.2, 0) is 15.9 Å². The van der Waals surface area contributed by atoms with Gasteiger partial charge in [0.25, 0.3) is 0 Å². The number of imidazole rings is 1. The van der Waals surface area contributed by atoms with Gasteiger partial charge in [0.05, 0.1) is 49.5 Å². The zero-order valence-electron chi connectivity index (χ0n) is 19.5. The summed E-state index contributed by atoms with van der Waals surface area (Å²) in [5.41, 5.74) is 1.88. The summed E-state index contributed by atoms with van der Waals surface area (Å²) in [7, 11) is 1.31. The summed E-state index contributed by atoms with van der Waals surface area (Å²) < 4.78 is 48.5. The number of oxazole rings is 1. The highest BCUT2D eigenvalue weighted by molar-refractivity contribution is 5.71. The Balaban J connectivity index is 1.58. The number of hydrogen-bond donors (Lipinski definition) is 0. The zero-order valence-corrected chi connectivity index (χ0v) is 19.5. The van der Waals surface area contributed by atoms with Gasteiger partial charge in [0.1, 0.15) is 23.4 Å². The second kappa shape index (κ2) is 9.39. The molecule has 4 heterocycles. The minimum atomic E-state index is -0.858. The number of amides is 1. The molecule has 11 heteroatoms. The minimum Gasteiger partial charge on any atom is -0.453 e. The fourth-order valence-electron chi connectivity index (χ4n) is 4.33. The first kappa shape index (κ1) is 23.4. The molecular formula is C25H21F2N5O4. The number of aryl methyl sites for hydroxylation is 1. The summed E-state index contributed by atoms with van der Waals surface area (Å²) in [6.07, 6.45) is 2.33. The van der Waals surface area contributed by atoms with Gasteiger partial charge in [-0.25, -0.2) is 23.5 Å². The summed E-state index contributed by atoms with van der Waals surface area (Å²) >= 11 is 0. The number of carbonyl (C=O) groups excluding carboxylic acids is 1. The average molecular weight is 493 g/mol. The molecule has 36 heavy (non-hydrogen) atoms. The van der Waals surface area contributed by atoms with Gasteiger partial charge >= 0.3 is 6.09 Å². The number of benzene rings is 1. The molecule has 3 aromatic heterocycles. The van der Waals surface area contributed by atoms with E-state index in [2.05, 4.69) is 9.97 Å². The smallest absolute Gasteiger partial charge is 0.409 e. The Bertz CT molecular complexity index is 1480. The fourth-order valence-corrected chi connectivity index (χ4v) is 4.33. The number of halogens is 2. The molecule has 1 aliphatic rings. The van der Waals surface area contributed by atoms with Crippen LogP contribution in [0.3, 0.4) is 0 Å². The second-order valence-electron chi connectivity index (χ2n) is 8.41. The lowest BCUT2D eigenvalue weighted by atomic mass is 10.0. The third-order valence-corrected chi connectivity index (χ3v) is 6.01. The Labute approximate surface area is 204 Å². The van der Waals surface area contributed by atoms with E-state index in [1.165, 1.54) is 18.2 Å². The second-order valence-corrected chi connectivity index (χ2v) is 8.41. The molecule has 0 saturated carbocycles. The molecule has 1 aliphatic heterocycles. The van der Waals surface area contributed by atoms with E-state index in [-0.39, 0.29) is 41.4 Å². The number of rotatable bonds is 4. The third kappa shape index (κ3) is 4.27. The molecule has 0 radical (unpaired) electrons. The lowest BCUT2D eigenvalue weighted by Gasteiger charge is -2.32. The highest BCUT2D eigenvalue weighted by atomic mass is 19.1. The number of methoxy groups -OCH3 is 1. The van der Waals surface area contributed by atoms with Gasteiger partial charge in [-0.3, -0.25) is 0 Å². The molecule has 0 N–H and O–H groups in total. The van der Waals surface area contributed by atoms with Crippen molar-refractivity contribution < 1.29 is 27.5 Å². The summed E-state index contributed by atoms with van der Waals surface area (Å²) in [6, 6.07) is 7.67. The number of nitriles is 1. The predicted molar refractivity (Wildman–Crippen MR) is 123 cm³/mol. The van der Waals surface area contributed by atoms with E-state index in [9.17, 15) is 4.79 Å². The van der Waals surface area contributed by atoms with Crippen LogP contribution in [0.4, 0.5) is 13.6 Å². The van der Waals surface area contributed by atoms with Crippen molar-refractivity contribution in [2.24, 2.45) is 0 Å². The molecular weight excluding hydrogens is 472 g/mol. The van der Waals surface area contributed by atoms with Crippen molar-refractivity contribution in [2.75, 3.05) is 26.8 Å². The Morgan fingerprint density at radius 1 is 1.31 bits per heavy atom. The number of fused-ring (bicyclic) bond motifs is 1. The van der Waals surface area contributed by atoms with Crippen LogP contribution in [0.25, 0.3) is 28.4 Å². The van der Waals surface area contributed by atoms with Gasteiger partial charge < -0.3 is 23.2 Å². The van der Waals surface area contributed by atoms with Crippen molar-refractivity contribution in [3.05, 3.63) is 65.3 Å². The molecule has 1 saturated heterocycles. The van der Waals surface area contributed by atoms with Crippen LogP contribution < -0.4 is 0 Å². The van der Waals surface area contributed by atoms with Crippen LogP contribution >= 0.6 is 0 Å². The molecule has 1 aromatic carbocycles. The minimum absolute atomic E-state index is 0.0562. The quantitative estimate of drug-likeness (QED) is 0.421. The topological polar surface area (TPSA) is 106 Å². The van der Waals surface area contributed by atoms with Crippen molar-refractivity contribution in [1.82, 2.24) is 19.3 Å². The van der Waals surface area contributed by atoms with Crippen molar-refractivity contribution in [3.8, 4) is 28.8 Å². The third-order valence-electron chi connectivity index (χ3n) is 6.01. The van der Waals surface area contributed by atoms with Gasteiger partial charge in [0, 0.05) is 24.7 Å². The Morgan fingerprint density at radius 2 is 2.08 bits per heavy atom.